The largest absolute Gasteiger partial charge is 0.459 e. The molecular formula is C24H26N6O2S. The molecule has 1 fully saturated rings. The number of furan rings is 1. The van der Waals surface area contributed by atoms with Gasteiger partial charge in [-0.15, -0.1) is 16.4 Å². The number of aromatic nitrogens is 4. The number of thiophene rings is 1. The van der Waals surface area contributed by atoms with Crippen LogP contribution in [0.5, 0.6) is 0 Å². The van der Waals surface area contributed by atoms with Gasteiger partial charge in [0.2, 0.25) is 0 Å². The molecule has 1 aromatic carbocycles. The van der Waals surface area contributed by atoms with Crippen LogP contribution in [-0.2, 0) is 0 Å². The molecule has 5 rings (SSSR count). The maximum atomic E-state index is 12.7. The highest BCUT2D eigenvalue weighted by molar-refractivity contribution is 7.12. The molecule has 3 aromatic heterocycles. The molecule has 1 unspecified atom stereocenters. The van der Waals surface area contributed by atoms with E-state index < -0.39 is 0 Å². The molecule has 0 radical (unpaired) electrons. The molecule has 8 nitrogen and oxygen atoms in total. The minimum atomic E-state index is -0.0985. The Labute approximate surface area is 196 Å². The zero-order valence-electron chi connectivity index (χ0n) is 18.9. The molecule has 4 aromatic rings. The Morgan fingerprint density at radius 1 is 1.00 bits per heavy atom. The summed E-state index contributed by atoms with van der Waals surface area (Å²) in [5.74, 6) is 1.11. The predicted octanol–water partition coefficient (Wildman–Crippen LogP) is 3.79. The fourth-order valence-corrected chi connectivity index (χ4v) is 5.48. The van der Waals surface area contributed by atoms with Crippen molar-refractivity contribution in [3.8, 4) is 5.69 Å². The van der Waals surface area contributed by atoms with E-state index in [0.717, 1.165) is 22.6 Å². The summed E-state index contributed by atoms with van der Waals surface area (Å²) in [6, 6.07) is 13.9. The highest BCUT2D eigenvalue weighted by Crippen LogP contribution is 2.34. The zero-order chi connectivity index (χ0) is 22.9. The molecule has 1 atom stereocenters. The van der Waals surface area contributed by atoms with Gasteiger partial charge in [0.25, 0.3) is 5.91 Å². The summed E-state index contributed by atoms with van der Waals surface area (Å²) in [5.41, 5.74) is 3.26. The highest BCUT2D eigenvalue weighted by atomic mass is 32.1. The van der Waals surface area contributed by atoms with Crippen molar-refractivity contribution >= 4 is 17.2 Å². The number of rotatable bonds is 5. The normalized spacial score (nSPS) is 15.7. The number of aryl methyl sites for hydroxylation is 3. The number of piperazine rings is 1. The first-order chi connectivity index (χ1) is 16.0. The summed E-state index contributed by atoms with van der Waals surface area (Å²) in [5, 5.41) is 13.0. The van der Waals surface area contributed by atoms with Crippen molar-refractivity contribution < 1.29 is 9.21 Å². The van der Waals surface area contributed by atoms with Gasteiger partial charge in [-0.2, -0.15) is 4.68 Å². The molecule has 0 bridgehead atoms. The summed E-state index contributed by atoms with van der Waals surface area (Å²) < 4.78 is 7.19. The fraction of sp³-hybridized carbons (Fsp3) is 0.333. The van der Waals surface area contributed by atoms with Crippen LogP contribution in [0.4, 0.5) is 0 Å². The van der Waals surface area contributed by atoms with Gasteiger partial charge in [-0.25, -0.2) is 0 Å². The molecule has 1 amide bonds. The number of hydrogen-bond acceptors (Lipinski definition) is 7. The maximum absolute atomic E-state index is 12.7. The van der Waals surface area contributed by atoms with Crippen LogP contribution in [0, 0.1) is 20.8 Å². The van der Waals surface area contributed by atoms with E-state index in [1.165, 1.54) is 16.0 Å². The summed E-state index contributed by atoms with van der Waals surface area (Å²) in [6.45, 7) is 8.94. The first-order valence-corrected chi connectivity index (χ1v) is 11.8. The van der Waals surface area contributed by atoms with Gasteiger partial charge in [0.05, 0.1) is 12.0 Å². The molecule has 9 heteroatoms. The van der Waals surface area contributed by atoms with Crippen molar-refractivity contribution in [1.29, 1.82) is 0 Å². The Bertz CT molecular complexity index is 1230. The van der Waals surface area contributed by atoms with Crippen molar-refractivity contribution in [2.24, 2.45) is 0 Å². The lowest BCUT2D eigenvalue weighted by atomic mass is 10.1. The first-order valence-electron chi connectivity index (χ1n) is 11.0. The molecule has 1 aliphatic heterocycles. The fourth-order valence-electron chi connectivity index (χ4n) is 4.47. The number of amides is 1. The number of tetrazole rings is 1. The van der Waals surface area contributed by atoms with Gasteiger partial charge in [-0.1, -0.05) is 18.2 Å². The second-order valence-electron chi connectivity index (χ2n) is 8.35. The summed E-state index contributed by atoms with van der Waals surface area (Å²) in [7, 11) is 0. The summed E-state index contributed by atoms with van der Waals surface area (Å²) in [4.78, 5) is 19.4. The van der Waals surface area contributed by atoms with E-state index >= 15 is 0 Å². The minimum Gasteiger partial charge on any atom is -0.459 e. The number of nitrogens with zero attached hydrogens (tertiary/aromatic N) is 6. The first kappa shape index (κ1) is 21.5. The van der Waals surface area contributed by atoms with Gasteiger partial charge in [-0.05, 0) is 66.6 Å². The number of benzene rings is 1. The average Bonchev–Trinajstić information content (AvgIpc) is 3.57. The number of para-hydroxylation sites is 1. The van der Waals surface area contributed by atoms with E-state index in [9.17, 15) is 4.79 Å². The van der Waals surface area contributed by atoms with E-state index in [0.29, 0.717) is 31.9 Å². The molecular weight excluding hydrogens is 436 g/mol. The zero-order valence-corrected chi connectivity index (χ0v) is 19.7. The number of carbonyl (C=O) groups excluding carboxylic acids is 1. The molecule has 4 heterocycles. The Kier molecular flexibility index (Phi) is 5.82. The van der Waals surface area contributed by atoms with Crippen molar-refractivity contribution in [3.05, 3.63) is 81.2 Å². The van der Waals surface area contributed by atoms with E-state index in [1.54, 1.807) is 23.5 Å². The molecule has 0 aliphatic carbocycles. The van der Waals surface area contributed by atoms with Crippen molar-refractivity contribution in [2.75, 3.05) is 26.2 Å². The lowest BCUT2D eigenvalue weighted by molar-refractivity contribution is 0.0563. The molecule has 0 spiro atoms. The molecule has 0 saturated carbocycles. The molecule has 170 valence electrons. The van der Waals surface area contributed by atoms with E-state index in [2.05, 4.69) is 65.5 Å². The topological polar surface area (TPSA) is 80.3 Å². The van der Waals surface area contributed by atoms with Gasteiger partial charge < -0.3 is 9.32 Å². The van der Waals surface area contributed by atoms with Crippen LogP contribution in [0.25, 0.3) is 5.69 Å². The second-order valence-corrected chi connectivity index (χ2v) is 9.67. The van der Waals surface area contributed by atoms with Gasteiger partial charge in [0, 0.05) is 35.9 Å². The lowest BCUT2D eigenvalue weighted by Gasteiger charge is -2.38. The molecule has 33 heavy (non-hydrogen) atoms. The van der Waals surface area contributed by atoms with Gasteiger partial charge >= 0.3 is 0 Å². The smallest absolute Gasteiger partial charge is 0.289 e. The Hall–Kier alpha value is -3.30. The van der Waals surface area contributed by atoms with Crippen LogP contribution in [-0.4, -0.2) is 62.1 Å². The third-order valence-corrected chi connectivity index (χ3v) is 7.17. The molecule has 1 saturated heterocycles. The number of carbonyl (C=O) groups is 1. The van der Waals surface area contributed by atoms with E-state index in [-0.39, 0.29) is 11.9 Å². The lowest BCUT2D eigenvalue weighted by Crippen LogP contribution is -2.50. The van der Waals surface area contributed by atoms with Crippen LogP contribution >= 0.6 is 11.3 Å². The van der Waals surface area contributed by atoms with Crippen LogP contribution in [0.1, 0.15) is 43.3 Å². The third-order valence-electron chi connectivity index (χ3n) is 6.12. The maximum Gasteiger partial charge on any atom is 0.289 e. The van der Waals surface area contributed by atoms with Crippen LogP contribution in [0.2, 0.25) is 0 Å². The number of hydrogen-bond donors (Lipinski definition) is 0. The Balaban J connectivity index is 1.47. The van der Waals surface area contributed by atoms with E-state index in [1.807, 2.05) is 15.6 Å². The van der Waals surface area contributed by atoms with Crippen LogP contribution in [0.15, 0.2) is 53.1 Å². The van der Waals surface area contributed by atoms with Gasteiger partial charge in [0.15, 0.2) is 11.6 Å². The van der Waals surface area contributed by atoms with Crippen molar-refractivity contribution in [1.82, 2.24) is 30.0 Å². The predicted molar refractivity (Wildman–Crippen MR) is 126 cm³/mol. The molecule has 0 N–H and O–H groups in total. The monoisotopic (exact) mass is 462 g/mol. The molecule has 1 aliphatic rings. The van der Waals surface area contributed by atoms with E-state index in [4.69, 9.17) is 4.42 Å². The highest BCUT2D eigenvalue weighted by Gasteiger charge is 2.34. The Morgan fingerprint density at radius 2 is 1.76 bits per heavy atom. The van der Waals surface area contributed by atoms with Gasteiger partial charge in [0.1, 0.15) is 6.04 Å². The second kappa shape index (κ2) is 8.92. The minimum absolute atomic E-state index is 0.0662. The Morgan fingerprint density at radius 3 is 2.39 bits per heavy atom. The summed E-state index contributed by atoms with van der Waals surface area (Å²) in [6.07, 6.45) is 1.53. The van der Waals surface area contributed by atoms with Crippen LogP contribution < -0.4 is 0 Å². The van der Waals surface area contributed by atoms with Gasteiger partial charge in [-0.3, -0.25) is 9.69 Å². The average molecular weight is 463 g/mol. The SMILES string of the molecule is Cc1ccc(C(c2nnnn2-c2c(C)cccc2C)N2CCN(C(=O)c3ccco3)CC2)s1. The third kappa shape index (κ3) is 4.09. The van der Waals surface area contributed by atoms with Crippen LogP contribution in [0.3, 0.4) is 0 Å². The van der Waals surface area contributed by atoms with Crippen molar-refractivity contribution in [2.45, 2.75) is 26.8 Å². The standard InChI is InChI=1S/C24H26N6O2S/c1-16-6-4-7-17(2)21(16)30-23(25-26-27-30)22(20-10-9-18(3)33-20)28-11-13-29(14-12-28)24(31)19-8-5-15-32-19/h4-10,15,22H,11-14H2,1-3H3. The quantitative estimate of drug-likeness (QED) is 0.449. The van der Waals surface area contributed by atoms with Crippen molar-refractivity contribution in [3.63, 3.8) is 0 Å². The summed E-state index contributed by atoms with van der Waals surface area (Å²) >= 11 is 1.76.